The van der Waals surface area contributed by atoms with Gasteiger partial charge < -0.3 is 9.64 Å². The molecule has 139 valence electrons. The van der Waals surface area contributed by atoms with Crippen LogP contribution in [0.25, 0.3) is 0 Å². The number of non-ortho nitro benzene ring substituents is 1. The molecule has 1 radical (unpaired) electrons. The molecular formula is C17H16F3N2O3S. The highest BCUT2D eigenvalue weighted by Gasteiger charge is 2.38. The quantitative estimate of drug-likeness (QED) is 0.578. The smallest absolute Gasteiger partial charge is 0.378 e. The number of nitrogens with zero attached hydrogens (tertiary/aromatic N) is 2. The Kier molecular flexibility index (Phi) is 5.57. The maximum absolute atomic E-state index is 13.4. The summed E-state index contributed by atoms with van der Waals surface area (Å²) in [4.78, 5) is 12.4. The van der Waals surface area contributed by atoms with Crippen LogP contribution in [0.3, 0.4) is 0 Å². The standard InChI is InChI=1S/C17H16F3N2O3S/c18-17(19,20)14-5-6-16(21-7-9-25-10-8-21)26-15(14)11-12-1-3-13(4-2-12)22(23)24/h1-4H,5,7-11H2. The number of ether oxygens (including phenoxy) is 1. The third-order valence-electron chi connectivity index (χ3n) is 4.13. The van der Waals surface area contributed by atoms with E-state index in [1.54, 1.807) is 0 Å². The number of hydrogen-bond donors (Lipinski definition) is 0. The highest BCUT2D eigenvalue weighted by molar-refractivity contribution is 8.06. The second kappa shape index (κ2) is 7.71. The zero-order valence-corrected chi connectivity index (χ0v) is 14.5. The summed E-state index contributed by atoms with van der Waals surface area (Å²) in [5.74, 6) is 0. The Balaban J connectivity index is 1.81. The van der Waals surface area contributed by atoms with Crippen molar-refractivity contribution >= 4 is 17.4 Å². The minimum atomic E-state index is -4.42. The molecule has 1 aromatic carbocycles. The largest absolute Gasteiger partial charge is 0.413 e. The summed E-state index contributed by atoms with van der Waals surface area (Å²) < 4.78 is 45.4. The van der Waals surface area contributed by atoms with Gasteiger partial charge in [-0.3, -0.25) is 10.1 Å². The van der Waals surface area contributed by atoms with E-state index in [0.29, 0.717) is 36.9 Å². The van der Waals surface area contributed by atoms with Crippen LogP contribution in [0.2, 0.25) is 0 Å². The summed E-state index contributed by atoms with van der Waals surface area (Å²) in [6.45, 7) is 2.33. The zero-order valence-electron chi connectivity index (χ0n) is 13.7. The minimum Gasteiger partial charge on any atom is -0.378 e. The topological polar surface area (TPSA) is 55.6 Å². The number of morpholine rings is 1. The number of nitro benzene ring substituents is 1. The van der Waals surface area contributed by atoms with Crippen molar-refractivity contribution in [3.63, 3.8) is 0 Å². The number of rotatable bonds is 4. The van der Waals surface area contributed by atoms with Crippen LogP contribution in [-0.2, 0) is 11.2 Å². The average Bonchev–Trinajstić information content (AvgIpc) is 2.62. The third-order valence-corrected chi connectivity index (χ3v) is 5.36. The van der Waals surface area contributed by atoms with Crippen molar-refractivity contribution in [3.05, 3.63) is 61.5 Å². The van der Waals surface area contributed by atoms with Crippen molar-refractivity contribution in [2.24, 2.45) is 0 Å². The fourth-order valence-corrected chi connectivity index (χ4v) is 3.98. The van der Waals surface area contributed by atoms with Gasteiger partial charge in [-0.15, -0.1) is 0 Å². The zero-order chi connectivity index (χ0) is 18.7. The average molecular weight is 385 g/mol. The highest BCUT2D eigenvalue weighted by atomic mass is 32.2. The number of halogens is 3. The van der Waals surface area contributed by atoms with Gasteiger partial charge in [-0.25, -0.2) is 0 Å². The van der Waals surface area contributed by atoms with E-state index >= 15 is 0 Å². The van der Waals surface area contributed by atoms with Gasteiger partial charge in [0.05, 0.1) is 23.2 Å². The van der Waals surface area contributed by atoms with Gasteiger partial charge in [-0.05, 0) is 11.6 Å². The summed E-state index contributed by atoms with van der Waals surface area (Å²) >= 11 is 1.08. The van der Waals surface area contributed by atoms with Crippen LogP contribution in [0, 0.1) is 16.2 Å². The van der Waals surface area contributed by atoms with E-state index in [9.17, 15) is 23.3 Å². The first-order valence-electron chi connectivity index (χ1n) is 7.98. The molecule has 1 saturated heterocycles. The van der Waals surface area contributed by atoms with Crippen LogP contribution < -0.4 is 0 Å². The SMILES string of the molecule is O=[N+]([O-])c1ccc(CC2=C(C(F)(F)F)C[C]=C(N3CCOCC3)S2)cc1. The fourth-order valence-electron chi connectivity index (χ4n) is 2.74. The second-order valence-corrected chi connectivity index (χ2v) is 6.94. The molecule has 1 aromatic rings. The molecule has 1 fully saturated rings. The number of thioether (sulfide) groups is 1. The Morgan fingerprint density at radius 2 is 1.88 bits per heavy atom. The van der Waals surface area contributed by atoms with E-state index in [1.165, 1.54) is 24.3 Å². The Morgan fingerprint density at radius 1 is 1.23 bits per heavy atom. The molecule has 0 bridgehead atoms. The van der Waals surface area contributed by atoms with Crippen molar-refractivity contribution in [3.8, 4) is 0 Å². The second-order valence-electron chi connectivity index (χ2n) is 5.86. The molecule has 0 aromatic heterocycles. The minimum absolute atomic E-state index is 0.0764. The first kappa shape index (κ1) is 18.8. The van der Waals surface area contributed by atoms with Gasteiger partial charge in [0.1, 0.15) is 0 Å². The van der Waals surface area contributed by atoms with Crippen LogP contribution in [0.4, 0.5) is 18.9 Å². The van der Waals surface area contributed by atoms with Crippen molar-refractivity contribution < 1.29 is 22.8 Å². The molecule has 0 saturated carbocycles. The number of allylic oxidation sites excluding steroid dienone is 3. The van der Waals surface area contributed by atoms with Gasteiger partial charge in [-0.2, -0.15) is 13.2 Å². The van der Waals surface area contributed by atoms with E-state index in [0.717, 1.165) is 11.8 Å². The number of alkyl halides is 3. The summed E-state index contributed by atoms with van der Waals surface area (Å²) in [6, 6.07) is 5.61. The van der Waals surface area contributed by atoms with Crippen LogP contribution in [-0.4, -0.2) is 42.3 Å². The normalized spacial score (nSPS) is 18.7. The van der Waals surface area contributed by atoms with Crippen molar-refractivity contribution in [1.29, 1.82) is 0 Å². The van der Waals surface area contributed by atoms with Gasteiger partial charge in [0.25, 0.3) is 5.69 Å². The molecular weight excluding hydrogens is 369 g/mol. The van der Waals surface area contributed by atoms with Crippen molar-refractivity contribution in [2.75, 3.05) is 26.3 Å². The van der Waals surface area contributed by atoms with Gasteiger partial charge in [0.15, 0.2) is 0 Å². The lowest BCUT2D eigenvalue weighted by Crippen LogP contribution is -2.35. The molecule has 2 heterocycles. The summed E-state index contributed by atoms with van der Waals surface area (Å²) in [5, 5.41) is 11.4. The Hall–Kier alpha value is -2.00. The van der Waals surface area contributed by atoms with E-state index in [1.807, 2.05) is 4.90 Å². The van der Waals surface area contributed by atoms with E-state index < -0.39 is 16.7 Å². The summed E-state index contributed by atoms with van der Waals surface area (Å²) in [7, 11) is 0. The third kappa shape index (κ3) is 4.39. The van der Waals surface area contributed by atoms with Gasteiger partial charge in [0.2, 0.25) is 0 Å². The van der Waals surface area contributed by atoms with E-state index in [-0.39, 0.29) is 23.4 Å². The van der Waals surface area contributed by atoms with Crippen LogP contribution in [0.1, 0.15) is 12.0 Å². The molecule has 9 heteroatoms. The molecule has 0 spiro atoms. The van der Waals surface area contributed by atoms with Crippen LogP contribution >= 0.6 is 11.8 Å². The van der Waals surface area contributed by atoms with E-state index in [2.05, 4.69) is 6.08 Å². The lowest BCUT2D eigenvalue weighted by molar-refractivity contribution is -0.384. The molecule has 26 heavy (non-hydrogen) atoms. The molecule has 3 rings (SSSR count). The molecule has 0 N–H and O–H groups in total. The first-order chi connectivity index (χ1) is 12.3. The predicted molar refractivity (Wildman–Crippen MR) is 91.2 cm³/mol. The molecule has 2 aliphatic heterocycles. The van der Waals surface area contributed by atoms with Gasteiger partial charge in [-0.1, -0.05) is 23.9 Å². The highest BCUT2D eigenvalue weighted by Crippen LogP contribution is 2.44. The fraction of sp³-hybridized carbons (Fsp3) is 0.412. The number of benzene rings is 1. The lowest BCUT2D eigenvalue weighted by atomic mass is 10.1. The lowest BCUT2D eigenvalue weighted by Gasteiger charge is -2.33. The molecule has 0 aliphatic carbocycles. The monoisotopic (exact) mass is 385 g/mol. The molecule has 0 unspecified atom stereocenters. The molecule has 5 nitrogen and oxygen atoms in total. The van der Waals surface area contributed by atoms with Crippen molar-refractivity contribution in [1.82, 2.24) is 4.90 Å². The Labute approximate surface area is 152 Å². The molecule has 0 atom stereocenters. The Bertz CT molecular complexity index is 739. The molecule has 2 aliphatic rings. The van der Waals surface area contributed by atoms with Crippen molar-refractivity contribution in [2.45, 2.75) is 19.0 Å². The summed E-state index contributed by atoms with van der Waals surface area (Å²) in [5.41, 5.74) is -0.0850. The van der Waals surface area contributed by atoms with Gasteiger partial charge in [0, 0.05) is 48.5 Å². The summed E-state index contributed by atoms with van der Waals surface area (Å²) in [6.07, 6.45) is -1.77. The van der Waals surface area contributed by atoms with Crippen LogP contribution in [0.15, 0.2) is 39.8 Å². The van der Waals surface area contributed by atoms with Gasteiger partial charge >= 0.3 is 6.18 Å². The number of hydrogen-bond acceptors (Lipinski definition) is 5. The Morgan fingerprint density at radius 3 is 2.46 bits per heavy atom. The maximum Gasteiger partial charge on any atom is 0.413 e. The maximum atomic E-state index is 13.4. The van der Waals surface area contributed by atoms with E-state index in [4.69, 9.17) is 4.74 Å². The molecule has 0 amide bonds. The predicted octanol–water partition coefficient (Wildman–Crippen LogP) is 4.07. The first-order valence-corrected chi connectivity index (χ1v) is 8.80. The van der Waals surface area contributed by atoms with Crippen LogP contribution in [0.5, 0.6) is 0 Å². The number of nitro groups is 1.